The predicted molar refractivity (Wildman–Crippen MR) is 137 cm³/mol. The molecule has 1 spiro atoms. The molecule has 10 heteroatoms. The largest absolute Gasteiger partial charge is 0.497 e. The SMILES string of the molecule is COc1ccc2c(c1)C1(SCCN1C(=O)Nc1cccc(C)c1)C(=O)N2Cc1ccc(C(F)(F)F)cc1. The molecule has 0 aliphatic carbocycles. The number of urea groups is 1. The van der Waals surface area contributed by atoms with Crippen LogP contribution in [0.4, 0.5) is 29.3 Å². The van der Waals surface area contributed by atoms with Gasteiger partial charge in [-0.25, -0.2) is 4.79 Å². The third-order valence-corrected chi connectivity index (χ3v) is 7.96. The number of halogens is 3. The van der Waals surface area contributed by atoms with Gasteiger partial charge in [0.1, 0.15) is 5.75 Å². The maximum atomic E-state index is 14.1. The van der Waals surface area contributed by atoms with Crippen LogP contribution in [0.3, 0.4) is 0 Å². The Morgan fingerprint density at radius 2 is 1.86 bits per heavy atom. The Morgan fingerprint density at radius 1 is 1.11 bits per heavy atom. The van der Waals surface area contributed by atoms with Gasteiger partial charge in [0, 0.05) is 23.5 Å². The van der Waals surface area contributed by atoms with Crippen LogP contribution in [-0.4, -0.2) is 36.2 Å². The maximum Gasteiger partial charge on any atom is 0.416 e. The molecule has 0 saturated carbocycles. The Morgan fingerprint density at radius 3 is 2.54 bits per heavy atom. The summed E-state index contributed by atoms with van der Waals surface area (Å²) in [6.07, 6.45) is -4.44. The number of aryl methyl sites for hydroxylation is 1. The normalized spacial score (nSPS) is 18.9. The van der Waals surface area contributed by atoms with Gasteiger partial charge in [0.25, 0.3) is 5.91 Å². The number of carbonyl (C=O) groups is 2. The van der Waals surface area contributed by atoms with E-state index in [-0.39, 0.29) is 12.5 Å². The summed E-state index contributed by atoms with van der Waals surface area (Å²) >= 11 is 1.36. The summed E-state index contributed by atoms with van der Waals surface area (Å²) in [5.41, 5.74) is 2.60. The smallest absolute Gasteiger partial charge is 0.416 e. The molecule has 3 aromatic carbocycles. The zero-order valence-corrected chi connectivity index (χ0v) is 20.9. The molecule has 2 aliphatic rings. The van der Waals surface area contributed by atoms with E-state index in [4.69, 9.17) is 4.74 Å². The predicted octanol–water partition coefficient (Wildman–Crippen LogP) is 6.00. The molecule has 37 heavy (non-hydrogen) atoms. The van der Waals surface area contributed by atoms with Crippen molar-refractivity contribution >= 4 is 35.1 Å². The first-order valence-corrected chi connectivity index (χ1v) is 12.6. The lowest BCUT2D eigenvalue weighted by Crippen LogP contribution is -2.51. The molecule has 0 aromatic heterocycles. The highest BCUT2D eigenvalue weighted by Crippen LogP contribution is 2.55. The lowest BCUT2D eigenvalue weighted by Gasteiger charge is -2.33. The molecule has 3 aromatic rings. The second kappa shape index (κ2) is 9.33. The molecular weight excluding hydrogens is 503 g/mol. The number of fused-ring (bicyclic) bond motifs is 2. The van der Waals surface area contributed by atoms with Gasteiger partial charge in [0.05, 0.1) is 24.9 Å². The van der Waals surface area contributed by atoms with Gasteiger partial charge < -0.3 is 15.0 Å². The quantitative estimate of drug-likeness (QED) is 0.452. The van der Waals surface area contributed by atoms with Crippen LogP contribution in [0.15, 0.2) is 66.7 Å². The Balaban J connectivity index is 1.51. The van der Waals surface area contributed by atoms with Gasteiger partial charge in [-0.05, 0) is 60.5 Å². The standard InChI is InChI=1S/C27H24F3N3O3S/c1-17-4-3-5-20(14-17)31-25(35)33-12-13-37-26(33)22-15-21(36-2)10-11-23(22)32(24(26)34)16-18-6-8-19(9-7-18)27(28,29)30/h3-11,14-15H,12-13,16H2,1-2H3,(H,31,35). The molecule has 192 valence electrons. The van der Waals surface area contributed by atoms with E-state index in [1.807, 2.05) is 25.1 Å². The Bertz CT molecular complexity index is 1360. The van der Waals surface area contributed by atoms with E-state index < -0.39 is 22.6 Å². The summed E-state index contributed by atoms with van der Waals surface area (Å²) in [5, 5.41) is 2.91. The second-order valence-corrected chi connectivity index (χ2v) is 10.2. The molecule has 1 unspecified atom stereocenters. The Labute approximate surface area is 216 Å². The number of hydrogen-bond donors (Lipinski definition) is 1. The summed E-state index contributed by atoms with van der Waals surface area (Å²) < 4.78 is 44.5. The molecule has 1 N–H and O–H groups in total. The minimum absolute atomic E-state index is 0.0615. The van der Waals surface area contributed by atoms with E-state index in [0.717, 1.165) is 17.7 Å². The fourth-order valence-corrected chi connectivity index (χ4v) is 6.23. The minimum atomic E-state index is -4.44. The monoisotopic (exact) mass is 527 g/mol. The molecule has 0 bridgehead atoms. The van der Waals surface area contributed by atoms with Crippen LogP contribution in [0.1, 0.15) is 22.3 Å². The van der Waals surface area contributed by atoms with Crippen LogP contribution in [0.2, 0.25) is 0 Å². The molecule has 1 fully saturated rings. The van der Waals surface area contributed by atoms with E-state index in [0.29, 0.717) is 40.5 Å². The van der Waals surface area contributed by atoms with Crippen molar-refractivity contribution in [2.24, 2.45) is 0 Å². The van der Waals surface area contributed by atoms with Gasteiger partial charge in [-0.15, -0.1) is 11.8 Å². The van der Waals surface area contributed by atoms with Gasteiger partial charge in [-0.1, -0.05) is 24.3 Å². The van der Waals surface area contributed by atoms with Crippen molar-refractivity contribution in [3.8, 4) is 5.75 Å². The fraction of sp³-hybridized carbons (Fsp3) is 0.259. The average molecular weight is 528 g/mol. The highest BCUT2D eigenvalue weighted by molar-refractivity contribution is 8.01. The number of amides is 3. The van der Waals surface area contributed by atoms with Crippen LogP contribution in [0, 0.1) is 6.92 Å². The number of methoxy groups -OCH3 is 1. The van der Waals surface area contributed by atoms with Crippen LogP contribution in [-0.2, 0) is 22.4 Å². The summed E-state index contributed by atoms with van der Waals surface area (Å²) in [4.78, 5) is 29.3. The molecule has 6 nitrogen and oxygen atoms in total. The molecule has 5 rings (SSSR count). The molecule has 3 amide bonds. The van der Waals surface area contributed by atoms with Crippen molar-refractivity contribution in [2.45, 2.75) is 24.5 Å². The zero-order chi connectivity index (χ0) is 26.4. The number of hydrogen-bond acceptors (Lipinski definition) is 4. The van der Waals surface area contributed by atoms with Crippen molar-refractivity contribution in [1.29, 1.82) is 0 Å². The van der Waals surface area contributed by atoms with Crippen LogP contribution >= 0.6 is 11.8 Å². The number of ether oxygens (including phenoxy) is 1. The lowest BCUT2D eigenvalue weighted by molar-refractivity contribution is -0.137. The van der Waals surface area contributed by atoms with Crippen LogP contribution < -0.4 is 15.0 Å². The first kappa shape index (κ1) is 25.0. The number of alkyl halides is 3. The first-order chi connectivity index (χ1) is 17.6. The van der Waals surface area contributed by atoms with E-state index >= 15 is 0 Å². The summed E-state index contributed by atoms with van der Waals surface area (Å²) in [6.45, 7) is 2.33. The zero-order valence-electron chi connectivity index (χ0n) is 20.1. The molecule has 0 radical (unpaired) electrons. The topological polar surface area (TPSA) is 61.9 Å². The number of nitrogens with one attached hydrogen (secondary N) is 1. The number of anilines is 2. The van der Waals surface area contributed by atoms with E-state index in [1.54, 1.807) is 24.3 Å². The molecule has 2 aliphatic heterocycles. The number of benzene rings is 3. The van der Waals surface area contributed by atoms with E-state index in [9.17, 15) is 22.8 Å². The third kappa shape index (κ3) is 4.39. The number of rotatable bonds is 4. The van der Waals surface area contributed by atoms with Crippen LogP contribution in [0.5, 0.6) is 5.75 Å². The molecule has 1 saturated heterocycles. The van der Waals surface area contributed by atoms with Gasteiger partial charge in [0.15, 0.2) is 4.87 Å². The van der Waals surface area contributed by atoms with E-state index in [2.05, 4.69) is 5.32 Å². The number of carbonyl (C=O) groups excluding carboxylic acids is 2. The fourth-order valence-electron chi connectivity index (χ4n) is 4.77. The van der Waals surface area contributed by atoms with Gasteiger partial charge in [0.2, 0.25) is 0 Å². The highest BCUT2D eigenvalue weighted by atomic mass is 32.2. The minimum Gasteiger partial charge on any atom is -0.497 e. The Kier molecular flexibility index (Phi) is 6.31. The van der Waals surface area contributed by atoms with Gasteiger partial charge in [-0.2, -0.15) is 13.2 Å². The van der Waals surface area contributed by atoms with Gasteiger partial charge in [-0.3, -0.25) is 9.69 Å². The van der Waals surface area contributed by atoms with Crippen molar-refractivity contribution < 1.29 is 27.5 Å². The van der Waals surface area contributed by atoms with Crippen molar-refractivity contribution in [3.63, 3.8) is 0 Å². The van der Waals surface area contributed by atoms with Crippen molar-refractivity contribution in [1.82, 2.24) is 4.90 Å². The maximum absolute atomic E-state index is 14.1. The average Bonchev–Trinajstić information content (AvgIpc) is 3.41. The Hall–Kier alpha value is -3.66. The highest BCUT2D eigenvalue weighted by Gasteiger charge is 2.59. The van der Waals surface area contributed by atoms with E-state index in [1.165, 1.54) is 40.8 Å². The van der Waals surface area contributed by atoms with Crippen molar-refractivity contribution in [3.05, 3.63) is 89.0 Å². The summed E-state index contributed by atoms with van der Waals surface area (Å²) in [5.74, 6) is 0.754. The summed E-state index contributed by atoms with van der Waals surface area (Å²) in [7, 11) is 1.52. The number of thioether (sulfide) groups is 1. The molecule has 2 heterocycles. The second-order valence-electron chi connectivity index (χ2n) is 8.91. The van der Waals surface area contributed by atoms with Crippen molar-refractivity contribution in [2.75, 3.05) is 29.6 Å². The summed E-state index contributed by atoms with van der Waals surface area (Å²) in [6, 6.07) is 17.0. The van der Waals surface area contributed by atoms with Gasteiger partial charge >= 0.3 is 12.2 Å². The number of nitrogens with zero attached hydrogens (tertiary/aromatic N) is 2. The first-order valence-electron chi connectivity index (χ1n) is 11.6. The lowest BCUT2D eigenvalue weighted by atomic mass is 10.1. The van der Waals surface area contributed by atoms with Crippen LogP contribution in [0.25, 0.3) is 0 Å². The molecule has 1 atom stereocenters. The third-order valence-electron chi connectivity index (χ3n) is 6.54. The molecular formula is C27H24F3N3O3S.